The Bertz CT molecular complexity index is 5040. The number of aromatic amines is 2. The van der Waals surface area contributed by atoms with Crippen molar-refractivity contribution in [3.05, 3.63) is 214 Å². The van der Waals surface area contributed by atoms with E-state index in [-0.39, 0.29) is 97.4 Å². The second-order valence-corrected chi connectivity index (χ2v) is 30.2. The lowest BCUT2D eigenvalue weighted by Crippen LogP contribution is -2.11. The molecule has 0 unspecified atom stereocenters. The van der Waals surface area contributed by atoms with Crippen LogP contribution < -0.4 is 0 Å². The lowest BCUT2D eigenvalue weighted by Gasteiger charge is -2.13. The molecule has 20 heteroatoms. The first-order valence-corrected chi connectivity index (χ1v) is 42.4. The van der Waals surface area contributed by atoms with Crippen LogP contribution in [0.1, 0.15) is 241 Å². The van der Waals surface area contributed by atoms with Crippen molar-refractivity contribution in [1.29, 1.82) is 0 Å². The molecule has 8 aromatic carbocycles. The van der Waals surface area contributed by atoms with E-state index in [1.54, 1.807) is 48.5 Å². The molecule has 0 atom stereocenters. The number of aromatic nitrogens is 4. The largest absolute Gasteiger partial charge is 0.462 e. The van der Waals surface area contributed by atoms with Gasteiger partial charge in [0, 0.05) is 66.1 Å². The summed E-state index contributed by atoms with van der Waals surface area (Å²) in [6.45, 7) is 16.6. The molecule has 10 aromatic rings. The zero-order valence-electron chi connectivity index (χ0n) is 69.6. The van der Waals surface area contributed by atoms with Gasteiger partial charge in [0.25, 0.3) is 0 Å². The van der Waals surface area contributed by atoms with Gasteiger partial charge in [-0.15, -0.1) is 0 Å². The minimum atomic E-state index is -0.697. The molecule has 4 heterocycles. The number of rotatable bonds is 36. The van der Waals surface area contributed by atoms with Gasteiger partial charge in [0.15, 0.2) is 0 Å². The summed E-state index contributed by atoms with van der Waals surface area (Å²) in [5, 5.41) is 2.35. The fourth-order valence-corrected chi connectivity index (χ4v) is 14.9. The van der Waals surface area contributed by atoms with Gasteiger partial charge in [-0.05, 0) is 146 Å². The second kappa shape index (κ2) is 40.1. The quantitative estimate of drug-likeness (QED) is 0.0210. The van der Waals surface area contributed by atoms with Crippen molar-refractivity contribution in [2.75, 3.05) is 52.9 Å². The van der Waals surface area contributed by atoms with Crippen molar-refractivity contribution in [2.45, 2.75) is 158 Å². The van der Waals surface area contributed by atoms with E-state index < -0.39 is 47.8 Å². The van der Waals surface area contributed by atoms with Gasteiger partial charge < -0.3 is 47.9 Å². The smallest absolute Gasteiger partial charge is 0.338 e. The van der Waals surface area contributed by atoms with Crippen molar-refractivity contribution in [1.82, 2.24) is 19.9 Å². The molecule has 618 valence electrons. The van der Waals surface area contributed by atoms with Crippen LogP contribution in [0.4, 0.5) is 0 Å². The molecule has 20 nitrogen and oxygen atoms in total. The Labute approximate surface area is 698 Å². The molecule has 13 rings (SSSR count). The highest BCUT2D eigenvalue weighted by Gasteiger charge is 2.34. The molecule has 0 fully saturated rings. The molecule has 8 bridgehead atoms. The summed E-state index contributed by atoms with van der Waals surface area (Å²) in [6.07, 6.45) is 10.4. The fourth-order valence-electron chi connectivity index (χ4n) is 14.9. The predicted molar refractivity (Wildman–Crippen MR) is 468 cm³/mol. The van der Waals surface area contributed by atoms with Crippen LogP contribution in [0.3, 0.4) is 0 Å². The van der Waals surface area contributed by atoms with Crippen molar-refractivity contribution < 1.29 is 76.3 Å². The summed E-state index contributed by atoms with van der Waals surface area (Å²) in [7, 11) is 0. The summed E-state index contributed by atoms with van der Waals surface area (Å²) in [5.41, 5.74) is 8.17. The molecule has 0 saturated heterocycles. The van der Waals surface area contributed by atoms with E-state index in [2.05, 4.69) is 9.97 Å². The third kappa shape index (κ3) is 18.7. The minimum absolute atomic E-state index is 0.0381. The van der Waals surface area contributed by atoms with Crippen LogP contribution in [0.5, 0.6) is 0 Å². The molecule has 2 N–H and O–H groups in total. The Balaban J connectivity index is 1.34. The van der Waals surface area contributed by atoms with Crippen LogP contribution in [0.2, 0.25) is 0 Å². The van der Waals surface area contributed by atoms with Gasteiger partial charge in [0.2, 0.25) is 0 Å². The van der Waals surface area contributed by atoms with E-state index in [9.17, 15) is 38.4 Å². The topological polar surface area (TPSA) is 268 Å². The third-order valence-electron chi connectivity index (χ3n) is 21.3. The van der Waals surface area contributed by atoms with Crippen molar-refractivity contribution in [3.8, 4) is 89.5 Å². The third-order valence-corrected chi connectivity index (χ3v) is 21.3. The molecule has 120 heavy (non-hydrogen) atoms. The number of hydrogen-bond acceptors (Lipinski definition) is 18. The Morgan fingerprint density at radius 1 is 0.233 bits per heavy atom. The average Bonchev–Trinajstić information content (AvgIpc) is 1.56. The second-order valence-electron chi connectivity index (χ2n) is 30.2. The molecule has 2 aliphatic heterocycles. The SMILES string of the molecule is CCCCOC(=O)c1cc(C(=O)OCCCC)cc(-c2c3nc(c(-c4cc(C(=O)OCCCC)cc(C(=O)OCCCC)c4)c4[nH]c(c(-c5cc(C(=O)OCCCC)cc(C(=O)OCCCC)c5)c5nc(c(-c6cc(C(=O)OCCCC)cc(C(=O)OCCCC)c6)c6[nH]c2c2ccccc62)-c2ccccc2-5)c2ccccc42)-c2ccccc2-3)c1. The molecular weight excluding hydrogens is 1510 g/mol. The van der Waals surface area contributed by atoms with E-state index >= 15 is 0 Å². The molecule has 0 radical (unpaired) electrons. The van der Waals surface area contributed by atoms with Crippen molar-refractivity contribution >= 4 is 91.4 Å². The number of H-pyrrole nitrogens is 2. The number of nitrogens with one attached hydrogen (secondary N) is 2. The Kier molecular flexibility index (Phi) is 28.4. The average molecular weight is 1620 g/mol. The lowest BCUT2D eigenvalue weighted by molar-refractivity contribution is 0.0480. The van der Waals surface area contributed by atoms with Gasteiger partial charge in [-0.2, -0.15) is 0 Å². The maximum atomic E-state index is 14.9. The number of carbonyl (C=O) groups excluding carboxylic acids is 8. The number of unbranched alkanes of at least 4 members (excludes halogenated alkanes) is 8. The van der Waals surface area contributed by atoms with Crippen LogP contribution in [-0.4, -0.2) is 121 Å². The monoisotopic (exact) mass is 1610 g/mol. The lowest BCUT2D eigenvalue weighted by atomic mass is 9.91. The van der Waals surface area contributed by atoms with E-state index in [0.717, 1.165) is 51.4 Å². The number of benzene rings is 8. The zero-order valence-corrected chi connectivity index (χ0v) is 69.6. The van der Waals surface area contributed by atoms with E-state index in [4.69, 9.17) is 47.9 Å². The number of esters is 8. The molecule has 1 aliphatic carbocycles. The van der Waals surface area contributed by atoms with E-state index in [0.29, 0.717) is 185 Å². The molecule has 0 amide bonds. The van der Waals surface area contributed by atoms with E-state index in [1.165, 1.54) is 24.3 Å². The van der Waals surface area contributed by atoms with Crippen molar-refractivity contribution in [2.24, 2.45) is 0 Å². The minimum Gasteiger partial charge on any atom is -0.462 e. The standard InChI is InChI=1S/C100H102N4O16/c1-9-17-41-113-93(105)65-49-61(50-66(57-65)94(106)114-42-18-10-2)81-85-73-33-25-27-35-75(73)87(101-85)82(62-51-67(95(107)115-43-19-11-3)58-68(52-62)96(108)116-44-20-12-4)89-77-37-29-31-39-79(77)91(103-89)84(64-55-71(99(111)119-47-23-15-7)60-72(56-64)100(112)120-48-24-16-8)92-80-40-32-30-38-78(80)90(104-92)83(88-76-36-28-26-34-74(76)86(81)102-88)63-53-69(97(109)117-45-21-13-5)59-70(54-63)98(110)118-46-22-14-6/h25-40,49-60,101,104H,9-24,41-48H2,1-8H3. The Hall–Kier alpha value is -12.8. The van der Waals surface area contributed by atoms with Crippen LogP contribution in [0, 0.1) is 0 Å². The van der Waals surface area contributed by atoms with Crippen LogP contribution in [0.15, 0.2) is 170 Å². The number of ether oxygens (including phenoxy) is 8. The maximum Gasteiger partial charge on any atom is 0.338 e. The fraction of sp³-hybridized carbons (Fsp3) is 0.320. The summed E-state index contributed by atoms with van der Waals surface area (Å²) < 4.78 is 48.2. The normalized spacial score (nSPS) is 11.4. The number of nitrogens with zero attached hydrogens (tertiary/aromatic N) is 2. The predicted octanol–water partition coefficient (Wildman–Crippen LogP) is 23.6. The van der Waals surface area contributed by atoms with Crippen molar-refractivity contribution in [3.63, 3.8) is 0 Å². The number of hydrogen-bond donors (Lipinski definition) is 2. The van der Waals surface area contributed by atoms with Gasteiger partial charge in [-0.3, -0.25) is 0 Å². The first-order chi connectivity index (χ1) is 58.5. The molecule has 2 aromatic heterocycles. The van der Waals surface area contributed by atoms with Crippen LogP contribution in [-0.2, 0) is 37.9 Å². The molecular formula is C100H102N4O16. The van der Waals surface area contributed by atoms with Crippen LogP contribution in [0.25, 0.3) is 133 Å². The summed E-state index contributed by atoms with van der Waals surface area (Å²) in [6, 6.07) is 50.0. The highest BCUT2D eigenvalue weighted by atomic mass is 16.6. The van der Waals surface area contributed by atoms with Gasteiger partial charge in [-0.1, -0.05) is 204 Å². The van der Waals surface area contributed by atoms with Gasteiger partial charge in [0.1, 0.15) is 0 Å². The Morgan fingerprint density at radius 2 is 0.392 bits per heavy atom. The Morgan fingerprint density at radius 3 is 0.550 bits per heavy atom. The van der Waals surface area contributed by atoms with Gasteiger partial charge in [-0.25, -0.2) is 48.3 Å². The summed E-state index contributed by atoms with van der Waals surface area (Å²) >= 11 is 0. The number of carbonyl (C=O) groups is 8. The highest BCUT2D eigenvalue weighted by molar-refractivity contribution is 6.23. The molecule has 0 saturated carbocycles. The first kappa shape index (κ1) is 85.1. The molecule has 3 aliphatic rings. The summed E-state index contributed by atoms with van der Waals surface area (Å²) in [4.78, 5) is 139. The van der Waals surface area contributed by atoms with E-state index in [1.807, 2.05) is 152 Å². The van der Waals surface area contributed by atoms with Gasteiger partial charge in [0.05, 0.1) is 142 Å². The summed E-state index contributed by atoms with van der Waals surface area (Å²) in [5.74, 6) is -5.57. The molecule has 0 spiro atoms. The highest BCUT2D eigenvalue weighted by Crippen LogP contribution is 2.53. The first-order valence-electron chi connectivity index (χ1n) is 42.4. The van der Waals surface area contributed by atoms with Gasteiger partial charge >= 0.3 is 47.8 Å². The van der Waals surface area contributed by atoms with Crippen LogP contribution >= 0.6 is 0 Å². The maximum absolute atomic E-state index is 14.9. The zero-order chi connectivity index (χ0) is 84.3.